The molecule has 0 unspecified atom stereocenters. The number of rotatable bonds is 3. The minimum atomic E-state index is -0.586. The summed E-state index contributed by atoms with van der Waals surface area (Å²) in [6, 6.07) is 5.46. The highest BCUT2D eigenvalue weighted by atomic mass is 16.6. The summed E-state index contributed by atoms with van der Waals surface area (Å²) < 4.78 is 12.6. The Morgan fingerprint density at radius 3 is 2.67 bits per heavy atom. The third-order valence-electron chi connectivity index (χ3n) is 3.93. The molecule has 27 heavy (non-hydrogen) atoms. The number of nitrogen functional groups attached to an aromatic ring is 1. The number of carbonyl (C=O) groups is 1. The fourth-order valence-electron chi connectivity index (χ4n) is 2.83. The Balaban J connectivity index is 1.99. The van der Waals surface area contributed by atoms with Gasteiger partial charge < -0.3 is 19.8 Å². The van der Waals surface area contributed by atoms with E-state index in [-0.39, 0.29) is 0 Å². The molecule has 2 aromatic heterocycles. The van der Waals surface area contributed by atoms with E-state index in [2.05, 4.69) is 15.3 Å². The largest absolute Gasteiger partial charge is 0.495 e. The number of methoxy groups -OCH3 is 1. The predicted molar refractivity (Wildman–Crippen MR) is 105 cm³/mol. The van der Waals surface area contributed by atoms with Crippen molar-refractivity contribution in [2.75, 3.05) is 18.2 Å². The second kappa shape index (κ2) is 6.79. The normalized spacial score (nSPS) is 11.4. The van der Waals surface area contributed by atoms with Crippen LogP contribution in [0.15, 0.2) is 30.7 Å². The number of anilines is 2. The van der Waals surface area contributed by atoms with Gasteiger partial charge in [0, 0.05) is 18.8 Å². The highest BCUT2D eigenvalue weighted by molar-refractivity contribution is 6.01. The first-order chi connectivity index (χ1) is 12.7. The van der Waals surface area contributed by atoms with Gasteiger partial charge in [-0.1, -0.05) is 6.07 Å². The van der Waals surface area contributed by atoms with E-state index in [4.69, 9.17) is 15.2 Å². The number of fused-ring (bicyclic) bond motifs is 1. The van der Waals surface area contributed by atoms with Crippen LogP contribution in [0.5, 0.6) is 5.75 Å². The minimum absolute atomic E-state index is 0.408. The molecular weight excluding hydrogens is 346 g/mol. The summed E-state index contributed by atoms with van der Waals surface area (Å²) in [5.74, 6) is 0.913. The summed E-state index contributed by atoms with van der Waals surface area (Å²) in [5, 5.41) is 3.48. The zero-order valence-electron chi connectivity index (χ0n) is 16.0. The van der Waals surface area contributed by atoms with Crippen LogP contribution in [0.1, 0.15) is 20.8 Å². The van der Waals surface area contributed by atoms with Gasteiger partial charge in [-0.15, -0.1) is 0 Å². The summed E-state index contributed by atoms with van der Waals surface area (Å²) in [6.07, 6.45) is 2.83. The van der Waals surface area contributed by atoms with Crippen molar-refractivity contribution in [1.29, 1.82) is 0 Å². The van der Waals surface area contributed by atoms with E-state index in [1.54, 1.807) is 33.9 Å². The minimum Gasteiger partial charge on any atom is -0.495 e. The van der Waals surface area contributed by atoms with Gasteiger partial charge in [0.1, 0.15) is 29.1 Å². The average molecular weight is 369 g/mol. The Morgan fingerprint density at radius 2 is 2.00 bits per heavy atom. The Kier molecular flexibility index (Phi) is 4.65. The maximum atomic E-state index is 12.0. The molecule has 3 rings (SSSR count). The lowest BCUT2D eigenvalue weighted by atomic mass is 10.0. The molecule has 0 radical (unpaired) electrons. The van der Waals surface area contributed by atoms with Crippen molar-refractivity contribution in [3.05, 3.63) is 30.7 Å². The molecular formula is C19H23N5O3. The van der Waals surface area contributed by atoms with Crippen LogP contribution in [0.4, 0.5) is 16.3 Å². The fraction of sp³-hybridized carbons (Fsp3) is 0.316. The molecule has 142 valence electrons. The van der Waals surface area contributed by atoms with Crippen molar-refractivity contribution in [2.45, 2.75) is 26.4 Å². The van der Waals surface area contributed by atoms with E-state index in [0.717, 1.165) is 22.2 Å². The summed E-state index contributed by atoms with van der Waals surface area (Å²) in [7, 11) is 3.44. The van der Waals surface area contributed by atoms with Gasteiger partial charge in [-0.05, 0) is 38.5 Å². The molecule has 0 spiro atoms. The molecule has 0 aliphatic rings. The molecule has 0 aliphatic heterocycles. The van der Waals surface area contributed by atoms with E-state index in [1.807, 2.05) is 29.9 Å². The van der Waals surface area contributed by atoms with Gasteiger partial charge in [-0.25, -0.2) is 14.8 Å². The number of aryl methyl sites for hydroxylation is 1. The summed E-state index contributed by atoms with van der Waals surface area (Å²) >= 11 is 0. The zero-order chi connectivity index (χ0) is 19.8. The molecule has 8 heteroatoms. The Bertz CT molecular complexity index is 1000. The summed E-state index contributed by atoms with van der Waals surface area (Å²) in [6.45, 7) is 5.42. The van der Waals surface area contributed by atoms with Crippen LogP contribution in [0.3, 0.4) is 0 Å². The lowest BCUT2D eigenvalue weighted by Gasteiger charge is -2.20. The van der Waals surface area contributed by atoms with E-state index >= 15 is 0 Å². The third-order valence-corrected chi connectivity index (χ3v) is 3.93. The van der Waals surface area contributed by atoms with E-state index in [0.29, 0.717) is 17.3 Å². The number of benzene rings is 1. The molecule has 0 bridgehead atoms. The Hall–Kier alpha value is -3.29. The quantitative estimate of drug-likeness (QED) is 0.731. The van der Waals surface area contributed by atoms with Gasteiger partial charge in [0.15, 0.2) is 0 Å². The molecule has 0 saturated carbocycles. The molecule has 0 atom stereocenters. The van der Waals surface area contributed by atoms with Gasteiger partial charge in [-0.2, -0.15) is 0 Å². The standard InChI is InChI=1S/C19H23N5O3/c1-19(2,3)27-18(25)23-13-7-6-11(8-14(13)26-5)12-9-24(4)17-15(12)16(20)21-10-22-17/h6-10H,1-5H3,(H,23,25)(H2,20,21,22). The lowest BCUT2D eigenvalue weighted by Crippen LogP contribution is -2.27. The van der Waals surface area contributed by atoms with Crippen LogP contribution >= 0.6 is 0 Å². The number of ether oxygens (including phenoxy) is 2. The average Bonchev–Trinajstić information content (AvgIpc) is 2.92. The van der Waals surface area contributed by atoms with Crippen LogP contribution < -0.4 is 15.8 Å². The highest BCUT2D eigenvalue weighted by Gasteiger charge is 2.19. The van der Waals surface area contributed by atoms with Crippen LogP contribution in [0.25, 0.3) is 22.2 Å². The number of carbonyl (C=O) groups excluding carboxylic acids is 1. The number of hydrogen-bond donors (Lipinski definition) is 2. The zero-order valence-corrected chi connectivity index (χ0v) is 16.0. The lowest BCUT2D eigenvalue weighted by molar-refractivity contribution is 0.0635. The fourth-order valence-corrected chi connectivity index (χ4v) is 2.83. The van der Waals surface area contributed by atoms with Crippen molar-refractivity contribution in [3.63, 3.8) is 0 Å². The molecule has 0 fully saturated rings. The van der Waals surface area contributed by atoms with Crippen molar-refractivity contribution in [1.82, 2.24) is 14.5 Å². The van der Waals surface area contributed by atoms with Gasteiger partial charge >= 0.3 is 6.09 Å². The molecule has 2 heterocycles. The van der Waals surface area contributed by atoms with Crippen LogP contribution in [-0.4, -0.2) is 33.3 Å². The van der Waals surface area contributed by atoms with Crippen LogP contribution in [0, 0.1) is 0 Å². The summed E-state index contributed by atoms with van der Waals surface area (Å²) in [4.78, 5) is 20.4. The SMILES string of the molecule is COc1cc(-c2cn(C)c3ncnc(N)c23)ccc1NC(=O)OC(C)(C)C. The van der Waals surface area contributed by atoms with Gasteiger partial charge in [0.05, 0.1) is 18.2 Å². The molecule has 8 nitrogen and oxygen atoms in total. The van der Waals surface area contributed by atoms with Crippen LogP contribution in [-0.2, 0) is 11.8 Å². The Morgan fingerprint density at radius 1 is 1.26 bits per heavy atom. The molecule has 3 aromatic rings. The second-order valence-corrected chi connectivity index (χ2v) is 7.15. The van der Waals surface area contributed by atoms with E-state index in [1.165, 1.54) is 6.33 Å². The summed E-state index contributed by atoms with van der Waals surface area (Å²) in [5.41, 5.74) is 8.49. The van der Waals surface area contributed by atoms with Crippen molar-refractivity contribution >= 4 is 28.6 Å². The molecule has 0 aliphatic carbocycles. The second-order valence-electron chi connectivity index (χ2n) is 7.15. The van der Waals surface area contributed by atoms with Crippen molar-refractivity contribution in [3.8, 4) is 16.9 Å². The van der Waals surface area contributed by atoms with Gasteiger partial charge in [-0.3, -0.25) is 5.32 Å². The predicted octanol–water partition coefficient (Wildman–Crippen LogP) is 3.57. The monoisotopic (exact) mass is 369 g/mol. The number of nitrogens with one attached hydrogen (secondary N) is 1. The Labute approximate surface area is 157 Å². The topological polar surface area (TPSA) is 104 Å². The smallest absolute Gasteiger partial charge is 0.412 e. The number of amides is 1. The molecule has 3 N–H and O–H groups in total. The van der Waals surface area contributed by atoms with Gasteiger partial charge in [0.2, 0.25) is 0 Å². The van der Waals surface area contributed by atoms with E-state index in [9.17, 15) is 4.79 Å². The van der Waals surface area contributed by atoms with Crippen molar-refractivity contribution < 1.29 is 14.3 Å². The van der Waals surface area contributed by atoms with Gasteiger partial charge in [0.25, 0.3) is 0 Å². The number of nitrogens with zero attached hydrogens (tertiary/aromatic N) is 3. The molecule has 1 aromatic carbocycles. The maximum absolute atomic E-state index is 12.0. The first kappa shape index (κ1) is 18.5. The van der Waals surface area contributed by atoms with Crippen LogP contribution in [0.2, 0.25) is 0 Å². The number of aromatic nitrogens is 3. The molecule has 0 saturated heterocycles. The highest BCUT2D eigenvalue weighted by Crippen LogP contribution is 2.36. The first-order valence-electron chi connectivity index (χ1n) is 8.43. The third kappa shape index (κ3) is 3.79. The molecule has 1 amide bonds. The van der Waals surface area contributed by atoms with Crippen molar-refractivity contribution in [2.24, 2.45) is 7.05 Å². The maximum Gasteiger partial charge on any atom is 0.412 e. The van der Waals surface area contributed by atoms with E-state index < -0.39 is 11.7 Å². The number of hydrogen-bond acceptors (Lipinski definition) is 6. The number of nitrogens with two attached hydrogens (primary N) is 1. The first-order valence-corrected chi connectivity index (χ1v) is 8.43.